The quantitative estimate of drug-likeness (QED) is 0.134. The summed E-state index contributed by atoms with van der Waals surface area (Å²) in [5, 5.41) is 22.7. The Hall–Kier alpha value is -3.56. The van der Waals surface area contributed by atoms with Crippen LogP contribution in [0.2, 0.25) is 0 Å². The molecule has 4 unspecified atom stereocenters. The fraction of sp³-hybridized carbons (Fsp3) is 0.565. The number of aromatic amines is 2. The van der Waals surface area contributed by atoms with Crippen LogP contribution in [0.3, 0.4) is 0 Å². The lowest BCUT2D eigenvalue weighted by Crippen LogP contribution is -2.36. The van der Waals surface area contributed by atoms with Gasteiger partial charge in [0.25, 0.3) is 11.1 Å². The van der Waals surface area contributed by atoms with Crippen LogP contribution in [0.5, 0.6) is 0 Å². The number of hydrogen-bond donors (Lipinski definition) is 6. The van der Waals surface area contributed by atoms with E-state index in [2.05, 4.69) is 29.9 Å². The van der Waals surface area contributed by atoms with E-state index in [9.17, 15) is 28.9 Å². The first-order valence-electron chi connectivity index (χ1n) is 14.1. The fourth-order valence-electron chi connectivity index (χ4n) is 5.83. The van der Waals surface area contributed by atoms with Gasteiger partial charge >= 0.3 is 15.2 Å². The van der Waals surface area contributed by atoms with Crippen molar-refractivity contribution in [2.24, 2.45) is 0 Å². The Morgan fingerprint density at radius 3 is 1.81 bits per heavy atom. The van der Waals surface area contributed by atoms with Gasteiger partial charge in [-0.1, -0.05) is 0 Å². The van der Waals surface area contributed by atoms with E-state index >= 15 is 0 Å². The predicted molar refractivity (Wildman–Crippen MR) is 158 cm³/mol. The van der Waals surface area contributed by atoms with Crippen LogP contribution < -0.4 is 22.6 Å². The lowest BCUT2D eigenvalue weighted by molar-refractivity contribution is -0.0504. The van der Waals surface area contributed by atoms with Crippen molar-refractivity contribution < 1.29 is 46.9 Å². The highest BCUT2D eigenvalue weighted by atomic mass is 31.2. The number of nitrogens with two attached hydrogens (primary N) is 2. The van der Waals surface area contributed by atoms with Crippen LogP contribution in [0, 0.1) is 0 Å². The van der Waals surface area contributed by atoms with Gasteiger partial charge in [0.1, 0.15) is 30.5 Å². The van der Waals surface area contributed by atoms with E-state index in [1.54, 1.807) is 0 Å². The lowest BCUT2D eigenvalue weighted by Gasteiger charge is -2.25. The molecule has 254 valence electrons. The molecule has 22 nitrogen and oxygen atoms in total. The van der Waals surface area contributed by atoms with Gasteiger partial charge in [0.2, 0.25) is 11.9 Å². The maximum Gasteiger partial charge on any atom is 0.328 e. The number of aliphatic hydroxyl groups excluding tert-OH is 2. The zero-order chi connectivity index (χ0) is 33.4. The zero-order valence-electron chi connectivity index (χ0n) is 24.6. The summed E-state index contributed by atoms with van der Waals surface area (Å²) in [5.74, 6) is -0.396. The van der Waals surface area contributed by atoms with Crippen LogP contribution in [-0.2, 0) is 36.7 Å². The fourth-order valence-corrected chi connectivity index (χ4v) is 8.21. The highest BCUT2D eigenvalue weighted by Crippen LogP contribution is 2.53. The van der Waals surface area contributed by atoms with E-state index in [0.29, 0.717) is 0 Å². The lowest BCUT2D eigenvalue weighted by atomic mass is 10.1. The van der Waals surface area contributed by atoms with Crippen molar-refractivity contribution in [2.75, 3.05) is 38.0 Å². The molecule has 3 aliphatic heterocycles. The molecule has 3 aliphatic rings. The molecule has 10 atom stereocenters. The van der Waals surface area contributed by atoms with Gasteiger partial charge in [0.15, 0.2) is 34.8 Å². The molecule has 4 aromatic rings. The molecule has 7 rings (SSSR count). The number of nitrogen functional groups attached to an aromatic ring is 2. The van der Waals surface area contributed by atoms with Gasteiger partial charge in [-0.05, 0) is 0 Å². The molecule has 3 fully saturated rings. The summed E-state index contributed by atoms with van der Waals surface area (Å²) in [4.78, 5) is 45.5. The minimum absolute atomic E-state index is 0.00516. The number of nitrogens with zero attached hydrogens (tertiary/aromatic N) is 6. The molecule has 7 heterocycles. The number of hydrogen-bond acceptors (Lipinski definition) is 18. The normalized spacial score (nSPS) is 36.9. The molecule has 0 radical (unpaired) electrons. The molecular formula is C23H30N10O12P2. The smallest absolute Gasteiger partial charge is 0.328 e. The summed E-state index contributed by atoms with van der Waals surface area (Å²) >= 11 is 0. The Labute approximate surface area is 262 Å². The molecule has 0 bridgehead atoms. The van der Waals surface area contributed by atoms with Crippen LogP contribution in [0.15, 0.2) is 22.2 Å². The minimum Gasteiger partial charge on any atom is -0.386 e. The summed E-state index contributed by atoms with van der Waals surface area (Å²) in [6.07, 6.45) is -7.97. The molecule has 0 aliphatic carbocycles. The van der Waals surface area contributed by atoms with Gasteiger partial charge in [0, 0.05) is 19.8 Å². The van der Waals surface area contributed by atoms with Gasteiger partial charge in [0.05, 0.1) is 32.0 Å². The number of rotatable bonds is 2. The van der Waals surface area contributed by atoms with Gasteiger partial charge < -0.3 is 40.2 Å². The average molecular weight is 700 g/mol. The number of aliphatic hydroxyl groups is 2. The van der Waals surface area contributed by atoms with Crippen molar-refractivity contribution >= 4 is 49.4 Å². The number of nitrogens with one attached hydrogen (secondary N) is 2. The Morgan fingerprint density at radius 1 is 0.809 bits per heavy atom. The van der Waals surface area contributed by atoms with Gasteiger partial charge in [-0.25, -0.2) is 9.97 Å². The Kier molecular flexibility index (Phi) is 7.87. The van der Waals surface area contributed by atoms with Crippen molar-refractivity contribution in [2.45, 2.75) is 55.5 Å². The van der Waals surface area contributed by atoms with E-state index in [1.807, 2.05) is 0 Å². The topological polar surface area (TPSA) is 309 Å². The molecule has 0 saturated carbocycles. The van der Waals surface area contributed by atoms with Crippen LogP contribution >= 0.6 is 15.2 Å². The number of H-pyrrole nitrogens is 2. The molecule has 3 saturated heterocycles. The molecule has 4 aromatic heterocycles. The van der Waals surface area contributed by atoms with E-state index < -0.39 is 82.0 Å². The summed E-state index contributed by atoms with van der Waals surface area (Å²) in [6.45, 7) is 1.60. The third-order valence-corrected chi connectivity index (χ3v) is 10.4. The predicted octanol–water partition coefficient (Wildman–Crippen LogP) is -1.21. The molecule has 0 aromatic carbocycles. The van der Waals surface area contributed by atoms with E-state index in [1.165, 1.54) is 35.1 Å². The first kappa shape index (κ1) is 32.0. The number of anilines is 2. The van der Waals surface area contributed by atoms with Crippen LogP contribution in [-0.4, -0.2) is 112 Å². The van der Waals surface area contributed by atoms with E-state index in [0.717, 1.165) is 0 Å². The van der Waals surface area contributed by atoms with Crippen molar-refractivity contribution in [3.63, 3.8) is 0 Å². The van der Waals surface area contributed by atoms with Crippen LogP contribution in [0.25, 0.3) is 22.3 Å². The van der Waals surface area contributed by atoms with Crippen LogP contribution in [0.1, 0.15) is 18.9 Å². The second-order valence-corrected chi connectivity index (χ2v) is 15.3. The van der Waals surface area contributed by atoms with Crippen molar-refractivity contribution in [1.29, 1.82) is 0 Å². The maximum atomic E-state index is 13.7. The largest absolute Gasteiger partial charge is 0.386 e. The molecule has 8 N–H and O–H groups in total. The van der Waals surface area contributed by atoms with Crippen molar-refractivity contribution in [3.05, 3.63) is 33.4 Å². The highest BCUT2D eigenvalue weighted by molar-refractivity contribution is 7.53. The molecular weight excluding hydrogens is 670 g/mol. The van der Waals surface area contributed by atoms with Crippen molar-refractivity contribution in [3.8, 4) is 0 Å². The Bertz CT molecular complexity index is 2070. The second kappa shape index (κ2) is 11.5. The number of fused-ring (bicyclic) bond motifs is 4. The Balaban J connectivity index is 1.17. The zero-order valence-corrected chi connectivity index (χ0v) is 26.4. The SMILES string of the molecule is CP1(=O)OCC[C@H]2O[C@@H](n3cnc4c(=O)[nH]c(N)nc43)[C@@H](O)C2OP(C)(=O)OC[C@@H]2O[C@@H](n3cnc4c(=O)[nH]c(N)nc43)[C@@H](O)C2O1. The van der Waals surface area contributed by atoms with E-state index in [4.69, 9.17) is 39.0 Å². The van der Waals surface area contributed by atoms with E-state index in [-0.39, 0.29) is 47.3 Å². The van der Waals surface area contributed by atoms with Gasteiger partial charge in [-0.2, -0.15) is 9.97 Å². The average Bonchev–Trinajstić information content (AvgIpc) is 3.73. The summed E-state index contributed by atoms with van der Waals surface area (Å²) < 4.78 is 64.7. The number of aromatic nitrogens is 8. The molecule has 0 spiro atoms. The monoisotopic (exact) mass is 700 g/mol. The highest BCUT2D eigenvalue weighted by Gasteiger charge is 2.52. The summed E-state index contributed by atoms with van der Waals surface area (Å²) in [5.41, 5.74) is 10.1. The van der Waals surface area contributed by atoms with Gasteiger partial charge in [-0.15, -0.1) is 0 Å². The maximum absolute atomic E-state index is 13.7. The summed E-state index contributed by atoms with van der Waals surface area (Å²) in [7, 11) is -7.97. The summed E-state index contributed by atoms with van der Waals surface area (Å²) in [6, 6.07) is 0. The second-order valence-electron chi connectivity index (χ2n) is 11.3. The van der Waals surface area contributed by atoms with Crippen LogP contribution in [0.4, 0.5) is 11.9 Å². The third kappa shape index (κ3) is 5.79. The molecule has 0 amide bonds. The molecule has 24 heteroatoms. The number of ether oxygens (including phenoxy) is 2. The van der Waals surface area contributed by atoms with Crippen molar-refractivity contribution in [1.82, 2.24) is 39.0 Å². The Morgan fingerprint density at radius 2 is 1.28 bits per heavy atom. The number of imidazole rings is 2. The minimum atomic E-state index is -4.04. The van der Waals surface area contributed by atoms with Gasteiger partial charge in [-0.3, -0.25) is 46.9 Å². The standard InChI is InChI=1S/C23H30N10O12P2/c1-46(38)40-4-3-8-14(12(34)20(42-8)32-6-26-10-16(32)28-22(24)30-18(10)36)44-47(2,39)41-5-9-15(45-46)13(35)21(43-9)33-7-27-11-17(33)29-23(25)31-19(11)37/h6-9,12-15,20-21,34-35H,3-5H2,1-2H3,(H3,24,28,30,36)(H3,25,29,31,37)/t8-,9+,12+,13+,14?,15?,20-,21-,46?,47?/m1/s1. The first-order chi connectivity index (χ1) is 22.2. The first-order valence-corrected chi connectivity index (χ1v) is 18.1. The third-order valence-electron chi connectivity index (χ3n) is 7.90. The molecule has 47 heavy (non-hydrogen) atoms.